The lowest BCUT2D eigenvalue weighted by Crippen LogP contribution is -2.28. The minimum atomic E-state index is 0.0389. The molecular formula is C13H16N4O. The molecule has 94 valence electrons. The van der Waals surface area contributed by atoms with E-state index in [1.807, 2.05) is 18.2 Å². The number of nitrogens with zero attached hydrogens (tertiary/aromatic N) is 2. The molecule has 0 saturated heterocycles. The van der Waals surface area contributed by atoms with Gasteiger partial charge in [0.15, 0.2) is 0 Å². The van der Waals surface area contributed by atoms with Gasteiger partial charge in [0.25, 0.3) is 0 Å². The Morgan fingerprint density at radius 2 is 2.33 bits per heavy atom. The Labute approximate surface area is 106 Å². The van der Waals surface area contributed by atoms with Gasteiger partial charge in [0.05, 0.1) is 13.0 Å². The van der Waals surface area contributed by atoms with E-state index in [1.165, 1.54) is 0 Å². The summed E-state index contributed by atoms with van der Waals surface area (Å²) in [6.07, 6.45) is 3.76. The zero-order chi connectivity index (χ0) is 13.0. The van der Waals surface area contributed by atoms with Crippen molar-refractivity contribution >= 4 is 11.6 Å². The number of amides is 1. The highest BCUT2D eigenvalue weighted by Gasteiger charge is 2.11. The molecule has 1 amide bonds. The lowest BCUT2D eigenvalue weighted by Gasteiger charge is -2.15. The number of hydrogen-bond acceptors (Lipinski definition) is 3. The average Bonchev–Trinajstić information content (AvgIpc) is 2.81. The van der Waals surface area contributed by atoms with Gasteiger partial charge in [0.1, 0.15) is 5.82 Å². The SMILES string of the molecule is CN(Cc1ncc[nH]1)C(=O)Cc1cccc(N)c1. The lowest BCUT2D eigenvalue weighted by atomic mass is 10.1. The van der Waals surface area contributed by atoms with Crippen molar-refractivity contribution in [1.29, 1.82) is 0 Å². The minimum Gasteiger partial charge on any atom is -0.399 e. The number of nitrogen functional groups attached to an aromatic ring is 1. The number of carbonyl (C=O) groups excluding carboxylic acids is 1. The first-order valence-electron chi connectivity index (χ1n) is 5.72. The molecule has 0 radical (unpaired) electrons. The number of carbonyl (C=O) groups is 1. The van der Waals surface area contributed by atoms with Crippen LogP contribution in [-0.2, 0) is 17.8 Å². The van der Waals surface area contributed by atoms with Crippen molar-refractivity contribution in [2.45, 2.75) is 13.0 Å². The van der Waals surface area contributed by atoms with E-state index in [4.69, 9.17) is 5.73 Å². The Morgan fingerprint density at radius 3 is 3.00 bits per heavy atom. The highest BCUT2D eigenvalue weighted by atomic mass is 16.2. The van der Waals surface area contributed by atoms with Gasteiger partial charge < -0.3 is 15.6 Å². The molecule has 0 aliphatic heterocycles. The third-order valence-electron chi connectivity index (χ3n) is 2.67. The van der Waals surface area contributed by atoms with Crippen molar-refractivity contribution in [3.05, 3.63) is 48.0 Å². The summed E-state index contributed by atoms with van der Waals surface area (Å²) in [6.45, 7) is 0.480. The zero-order valence-electron chi connectivity index (χ0n) is 10.3. The van der Waals surface area contributed by atoms with Gasteiger partial charge >= 0.3 is 0 Å². The monoisotopic (exact) mass is 244 g/mol. The van der Waals surface area contributed by atoms with Crippen molar-refractivity contribution in [2.24, 2.45) is 0 Å². The van der Waals surface area contributed by atoms with Gasteiger partial charge in [-0.25, -0.2) is 4.98 Å². The smallest absolute Gasteiger partial charge is 0.227 e. The molecule has 5 nitrogen and oxygen atoms in total. The van der Waals surface area contributed by atoms with Crippen LogP contribution < -0.4 is 5.73 Å². The molecule has 0 unspecified atom stereocenters. The Balaban J connectivity index is 1.95. The molecule has 18 heavy (non-hydrogen) atoms. The number of nitrogens with two attached hydrogens (primary N) is 1. The fraction of sp³-hybridized carbons (Fsp3) is 0.231. The number of imidazole rings is 1. The predicted octanol–water partition coefficient (Wildman–Crippen LogP) is 1.19. The van der Waals surface area contributed by atoms with Crippen LogP contribution in [0.25, 0.3) is 0 Å². The molecule has 0 saturated carbocycles. The number of H-pyrrole nitrogens is 1. The van der Waals surface area contributed by atoms with Gasteiger partial charge in [-0.05, 0) is 17.7 Å². The van der Waals surface area contributed by atoms with Gasteiger partial charge in [-0.15, -0.1) is 0 Å². The number of anilines is 1. The first kappa shape index (κ1) is 12.2. The number of rotatable bonds is 4. The third-order valence-corrected chi connectivity index (χ3v) is 2.67. The summed E-state index contributed by atoms with van der Waals surface area (Å²) < 4.78 is 0. The van der Waals surface area contributed by atoms with E-state index in [-0.39, 0.29) is 5.91 Å². The maximum Gasteiger partial charge on any atom is 0.227 e. The molecule has 1 aromatic carbocycles. The van der Waals surface area contributed by atoms with Crippen LogP contribution in [0.4, 0.5) is 5.69 Å². The molecule has 3 N–H and O–H groups in total. The second kappa shape index (κ2) is 5.35. The summed E-state index contributed by atoms with van der Waals surface area (Å²) in [5, 5.41) is 0. The maximum atomic E-state index is 12.0. The molecule has 0 spiro atoms. The molecule has 2 rings (SSSR count). The highest BCUT2D eigenvalue weighted by Crippen LogP contribution is 2.09. The second-order valence-electron chi connectivity index (χ2n) is 4.21. The molecule has 0 aliphatic carbocycles. The van der Waals surface area contributed by atoms with Crippen LogP contribution in [0.3, 0.4) is 0 Å². The maximum absolute atomic E-state index is 12.0. The highest BCUT2D eigenvalue weighted by molar-refractivity contribution is 5.78. The van der Waals surface area contributed by atoms with E-state index in [9.17, 15) is 4.79 Å². The van der Waals surface area contributed by atoms with Crippen LogP contribution >= 0.6 is 0 Å². The summed E-state index contributed by atoms with van der Waals surface area (Å²) in [5.74, 6) is 0.815. The Bertz CT molecular complexity index is 522. The summed E-state index contributed by atoms with van der Waals surface area (Å²) in [7, 11) is 1.76. The summed E-state index contributed by atoms with van der Waals surface area (Å²) in [5.41, 5.74) is 7.28. The minimum absolute atomic E-state index is 0.0389. The number of aromatic nitrogens is 2. The van der Waals surface area contributed by atoms with Crippen LogP contribution in [0.2, 0.25) is 0 Å². The van der Waals surface area contributed by atoms with Crippen molar-refractivity contribution in [3.63, 3.8) is 0 Å². The molecule has 0 bridgehead atoms. The first-order chi connectivity index (χ1) is 8.65. The molecular weight excluding hydrogens is 228 g/mol. The summed E-state index contributed by atoms with van der Waals surface area (Å²) in [6, 6.07) is 7.37. The van der Waals surface area contributed by atoms with Gasteiger partial charge in [0, 0.05) is 25.1 Å². The van der Waals surface area contributed by atoms with Crippen molar-refractivity contribution in [1.82, 2.24) is 14.9 Å². The van der Waals surface area contributed by atoms with Gasteiger partial charge in [-0.3, -0.25) is 4.79 Å². The van der Waals surface area contributed by atoms with Crippen molar-refractivity contribution < 1.29 is 4.79 Å². The van der Waals surface area contributed by atoms with Crippen LogP contribution in [0.5, 0.6) is 0 Å². The topological polar surface area (TPSA) is 75.0 Å². The average molecular weight is 244 g/mol. The number of likely N-dealkylation sites (N-methyl/N-ethyl adjacent to an activating group) is 1. The third kappa shape index (κ3) is 3.10. The molecule has 5 heteroatoms. The molecule has 2 aromatic rings. The number of hydrogen-bond donors (Lipinski definition) is 2. The fourth-order valence-electron chi connectivity index (χ4n) is 1.71. The fourth-order valence-corrected chi connectivity index (χ4v) is 1.71. The normalized spacial score (nSPS) is 10.3. The lowest BCUT2D eigenvalue weighted by molar-refractivity contribution is -0.129. The first-order valence-corrected chi connectivity index (χ1v) is 5.72. The molecule has 1 aromatic heterocycles. The van der Waals surface area contributed by atoms with Crippen molar-refractivity contribution in [2.75, 3.05) is 12.8 Å². The largest absolute Gasteiger partial charge is 0.399 e. The zero-order valence-corrected chi connectivity index (χ0v) is 10.3. The summed E-state index contributed by atoms with van der Waals surface area (Å²) in [4.78, 5) is 20.7. The molecule has 0 fully saturated rings. The van der Waals surface area contributed by atoms with E-state index in [0.29, 0.717) is 18.7 Å². The summed E-state index contributed by atoms with van der Waals surface area (Å²) >= 11 is 0. The van der Waals surface area contributed by atoms with Crippen LogP contribution in [0, 0.1) is 0 Å². The van der Waals surface area contributed by atoms with Gasteiger partial charge in [0.2, 0.25) is 5.91 Å². The Hall–Kier alpha value is -2.30. The second-order valence-corrected chi connectivity index (χ2v) is 4.21. The van der Waals surface area contributed by atoms with Crippen LogP contribution in [-0.4, -0.2) is 27.8 Å². The quantitative estimate of drug-likeness (QED) is 0.793. The standard InChI is InChI=1S/C13H16N4O/c1-17(9-12-15-5-6-16-12)13(18)8-10-3-2-4-11(14)7-10/h2-7H,8-9,14H2,1H3,(H,15,16). The van der Waals surface area contributed by atoms with Gasteiger partial charge in [-0.1, -0.05) is 12.1 Å². The van der Waals surface area contributed by atoms with E-state index in [1.54, 1.807) is 30.4 Å². The van der Waals surface area contributed by atoms with E-state index in [0.717, 1.165) is 11.4 Å². The van der Waals surface area contributed by atoms with Gasteiger partial charge in [-0.2, -0.15) is 0 Å². The van der Waals surface area contributed by atoms with E-state index in [2.05, 4.69) is 9.97 Å². The van der Waals surface area contributed by atoms with Crippen LogP contribution in [0.1, 0.15) is 11.4 Å². The molecule has 0 aliphatic rings. The Kier molecular flexibility index (Phi) is 3.62. The predicted molar refractivity (Wildman–Crippen MR) is 69.6 cm³/mol. The number of benzene rings is 1. The van der Waals surface area contributed by atoms with E-state index < -0.39 is 0 Å². The van der Waals surface area contributed by atoms with E-state index >= 15 is 0 Å². The number of nitrogens with one attached hydrogen (secondary N) is 1. The van der Waals surface area contributed by atoms with Crippen molar-refractivity contribution in [3.8, 4) is 0 Å². The Morgan fingerprint density at radius 1 is 1.50 bits per heavy atom. The molecule has 0 atom stereocenters. The van der Waals surface area contributed by atoms with Crippen LogP contribution in [0.15, 0.2) is 36.7 Å². The molecule has 1 heterocycles. The number of aromatic amines is 1.